The van der Waals surface area contributed by atoms with Crippen molar-refractivity contribution in [2.24, 2.45) is 5.92 Å². The van der Waals surface area contributed by atoms with Gasteiger partial charge in [0.2, 0.25) is 5.91 Å². The number of para-hydroxylation sites is 1. The van der Waals surface area contributed by atoms with Gasteiger partial charge in [-0.15, -0.1) is 0 Å². The summed E-state index contributed by atoms with van der Waals surface area (Å²) in [4.78, 5) is 15.0. The summed E-state index contributed by atoms with van der Waals surface area (Å²) in [6.07, 6.45) is 0.714. The molecule has 0 bridgehead atoms. The van der Waals surface area contributed by atoms with Gasteiger partial charge in [-0.25, -0.2) is 0 Å². The van der Waals surface area contributed by atoms with E-state index >= 15 is 0 Å². The van der Waals surface area contributed by atoms with E-state index < -0.39 is 0 Å². The highest BCUT2D eigenvalue weighted by Crippen LogP contribution is 2.30. The van der Waals surface area contributed by atoms with Gasteiger partial charge in [0.15, 0.2) is 0 Å². The monoisotopic (exact) mass is 334 g/mol. The van der Waals surface area contributed by atoms with Gasteiger partial charge in [0.05, 0.1) is 23.6 Å². The third-order valence-electron chi connectivity index (χ3n) is 4.84. The number of carbonyl (C=O) groups excluding carboxylic acids is 1. The molecule has 2 unspecified atom stereocenters. The summed E-state index contributed by atoms with van der Waals surface area (Å²) in [5.41, 5.74) is 2.75. The molecule has 2 aromatic carbocycles. The maximum Gasteiger partial charge on any atom is 0.229 e. The number of fused-ring (bicyclic) bond motifs is 1. The molecule has 25 heavy (non-hydrogen) atoms. The van der Waals surface area contributed by atoms with Crippen LogP contribution >= 0.6 is 0 Å². The molecule has 4 heteroatoms. The van der Waals surface area contributed by atoms with Crippen LogP contribution in [-0.2, 0) is 11.2 Å². The van der Waals surface area contributed by atoms with Gasteiger partial charge in [-0.1, -0.05) is 30.3 Å². The van der Waals surface area contributed by atoms with Gasteiger partial charge in [0.25, 0.3) is 0 Å². The molecule has 0 aliphatic carbocycles. The summed E-state index contributed by atoms with van der Waals surface area (Å²) >= 11 is 0. The van der Waals surface area contributed by atoms with Crippen LogP contribution in [0, 0.1) is 17.2 Å². The third kappa shape index (κ3) is 3.51. The Kier molecular flexibility index (Phi) is 5.04. The number of nitriles is 1. The quantitative estimate of drug-likeness (QED) is 0.856. The third-order valence-corrected chi connectivity index (χ3v) is 4.84. The van der Waals surface area contributed by atoms with Gasteiger partial charge >= 0.3 is 0 Å². The summed E-state index contributed by atoms with van der Waals surface area (Å²) in [6, 6.07) is 17.4. The van der Waals surface area contributed by atoms with Gasteiger partial charge in [-0.3, -0.25) is 4.79 Å². The van der Waals surface area contributed by atoms with Crippen molar-refractivity contribution in [1.82, 2.24) is 4.90 Å². The molecule has 0 spiro atoms. The molecule has 2 atom stereocenters. The van der Waals surface area contributed by atoms with Gasteiger partial charge in [-0.05, 0) is 49.6 Å². The Hall–Kier alpha value is -2.80. The normalized spacial score (nSPS) is 16.9. The molecule has 2 aromatic rings. The van der Waals surface area contributed by atoms with E-state index in [4.69, 9.17) is 10.00 Å². The van der Waals surface area contributed by atoms with Crippen molar-refractivity contribution in [3.05, 3.63) is 65.2 Å². The van der Waals surface area contributed by atoms with E-state index in [2.05, 4.69) is 6.07 Å². The van der Waals surface area contributed by atoms with E-state index in [1.165, 1.54) is 0 Å². The predicted octanol–water partition coefficient (Wildman–Crippen LogP) is 3.72. The standard InChI is InChI=1S/C21H22N2O2/c1-3-23(15(2)17-10-8-16(13-22)9-11-17)21(24)19-12-18-6-4-5-7-20(18)25-14-19/h4-11,15,19H,3,12,14H2,1-2H3. The topological polar surface area (TPSA) is 53.3 Å². The zero-order valence-corrected chi connectivity index (χ0v) is 14.6. The van der Waals surface area contributed by atoms with Gasteiger partial charge < -0.3 is 9.64 Å². The molecule has 0 aromatic heterocycles. The van der Waals surface area contributed by atoms with Crippen molar-refractivity contribution in [2.75, 3.05) is 13.2 Å². The number of rotatable bonds is 4. The van der Waals surface area contributed by atoms with Crippen LogP contribution in [0.5, 0.6) is 5.75 Å². The average molecular weight is 334 g/mol. The summed E-state index contributed by atoms with van der Waals surface area (Å²) in [5, 5.41) is 8.93. The molecule has 1 heterocycles. The molecule has 1 aliphatic heterocycles. The minimum atomic E-state index is -0.157. The lowest BCUT2D eigenvalue weighted by atomic mass is 9.94. The minimum absolute atomic E-state index is 0.0394. The molecule has 3 rings (SSSR count). The smallest absolute Gasteiger partial charge is 0.229 e. The zero-order valence-electron chi connectivity index (χ0n) is 14.6. The largest absolute Gasteiger partial charge is 0.492 e. The number of ether oxygens (including phenoxy) is 1. The molecule has 0 saturated heterocycles. The number of hydrogen-bond acceptors (Lipinski definition) is 3. The average Bonchev–Trinajstić information content (AvgIpc) is 2.68. The molecule has 128 valence electrons. The molecular weight excluding hydrogens is 312 g/mol. The van der Waals surface area contributed by atoms with Crippen LogP contribution in [0.15, 0.2) is 48.5 Å². The zero-order chi connectivity index (χ0) is 17.8. The van der Waals surface area contributed by atoms with Crippen LogP contribution in [0.2, 0.25) is 0 Å². The lowest BCUT2D eigenvalue weighted by Crippen LogP contribution is -2.42. The molecule has 4 nitrogen and oxygen atoms in total. The summed E-state index contributed by atoms with van der Waals surface area (Å²) < 4.78 is 5.78. The second-order valence-corrected chi connectivity index (χ2v) is 6.35. The van der Waals surface area contributed by atoms with E-state index in [9.17, 15) is 4.79 Å². The fourth-order valence-electron chi connectivity index (χ4n) is 3.36. The van der Waals surface area contributed by atoms with Crippen LogP contribution in [-0.4, -0.2) is 24.0 Å². The summed E-state index contributed by atoms with van der Waals surface area (Å²) in [6.45, 7) is 5.08. The second kappa shape index (κ2) is 7.40. The molecule has 0 N–H and O–H groups in total. The Balaban J connectivity index is 1.76. The van der Waals surface area contributed by atoms with E-state index in [1.807, 2.05) is 55.1 Å². The molecule has 0 radical (unpaired) electrons. The maximum absolute atomic E-state index is 13.1. The molecule has 0 saturated carbocycles. The fraction of sp³-hybridized carbons (Fsp3) is 0.333. The van der Waals surface area contributed by atoms with Crippen LogP contribution < -0.4 is 4.74 Å². The number of benzene rings is 2. The first-order chi connectivity index (χ1) is 12.1. The van der Waals surface area contributed by atoms with Crippen LogP contribution in [0.3, 0.4) is 0 Å². The lowest BCUT2D eigenvalue weighted by molar-refractivity contribution is -0.139. The Bertz CT molecular complexity index is 792. The van der Waals surface area contributed by atoms with Crippen molar-refractivity contribution in [1.29, 1.82) is 5.26 Å². The Morgan fingerprint density at radius 2 is 2.00 bits per heavy atom. The highest BCUT2D eigenvalue weighted by Gasteiger charge is 2.31. The molecule has 0 fully saturated rings. The SMILES string of the molecule is CCN(C(=O)C1COc2ccccc2C1)C(C)c1ccc(C#N)cc1. The summed E-state index contributed by atoms with van der Waals surface area (Å²) in [5.74, 6) is 0.847. The number of carbonyl (C=O) groups is 1. The first-order valence-corrected chi connectivity index (χ1v) is 8.65. The molecule has 1 amide bonds. The van der Waals surface area contributed by atoms with Crippen molar-refractivity contribution in [2.45, 2.75) is 26.3 Å². The molecular formula is C21H22N2O2. The highest BCUT2D eigenvalue weighted by molar-refractivity contribution is 5.80. The predicted molar refractivity (Wildman–Crippen MR) is 96.1 cm³/mol. The van der Waals surface area contributed by atoms with Crippen LogP contribution in [0.25, 0.3) is 0 Å². The Labute approximate surface area is 148 Å². The van der Waals surface area contributed by atoms with Gasteiger partial charge in [-0.2, -0.15) is 5.26 Å². The Morgan fingerprint density at radius 3 is 2.68 bits per heavy atom. The number of amides is 1. The first kappa shape index (κ1) is 17.0. The second-order valence-electron chi connectivity index (χ2n) is 6.35. The minimum Gasteiger partial charge on any atom is -0.492 e. The fourth-order valence-corrected chi connectivity index (χ4v) is 3.36. The molecule has 1 aliphatic rings. The van der Waals surface area contributed by atoms with E-state index in [1.54, 1.807) is 12.1 Å². The van der Waals surface area contributed by atoms with Gasteiger partial charge in [0, 0.05) is 6.54 Å². The maximum atomic E-state index is 13.1. The van der Waals surface area contributed by atoms with Crippen molar-refractivity contribution in [3.63, 3.8) is 0 Å². The number of nitrogens with zero attached hydrogens (tertiary/aromatic N) is 2. The van der Waals surface area contributed by atoms with E-state index in [0.29, 0.717) is 25.1 Å². The highest BCUT2D eigenvalue weighted by atomic mass is 16.5. The van der Waals surface area contributed by atoms with E-state index in [0.717, 1.165) is 16.9 Å². The van der Waals surface area contributed by atoms with Crippen molar-refractivity contribution >= 4 is 5.91 Å². The first-order valence-electron chi connectivity index (χ1n) is 8.65. The van der Waals surface area contributed by atoms with Crippen molar-refractivity contribution in [3.8, 4) is 11.8 Å². The van der Waals surface area contributed by atoms with Gasteiger partial charge in [0.1, 0.15) is 12.4 Å². The van der Waals surface area contributed by atoms with Crippen molar-refractivity contribution < 1.29 is 9.53 Å². The van der Waals surface area contributed by atoms with Crippen LogP contribution in [0.4, 0.5) is 0 Å². The summed E-state index contributed by atoms with van der Waals surface area (Å²) in [7, 11) is 0. The number of hydrogen-bond donors (Lipinski definition) is 0. The van der Waals surface area contributed by atoms with Crippen LogP contribution in [0.1, 0.15) is 36.6 Å². The Morgan fingerprint density at radius 1 is 1.28 bits per heavy atom. The lowest BCUT2D eigenvalue weighted by Gasteiger charge is -2.33. The van der Waals surface area contributed by atoms with E-state index in [-0.39, 0.29) is 17.9 Å².